The minimum Gasteiger partial charge on any atom is -0.481 e. The monoisotopic (exact) mass is 224 g/mol. The average Bonchev–Trinajstić information content (AvgIpc) is 2.52. The van der Waals surface area contributed by atoms with Crippen LogP contribution in [-0.2, 0) is 23.9 Å². The van der Waals surface area contributed by atoms with E-state index in [4.69, 9.17) is 5.11 Å². The Morgan fingerprint density at radius 1 is 1.25 bits per heavy atom. The Labute approximate surface area is 89.9 Å². The standard InChI is InChI=1S/C10H8O6/c11-3-4-1-6-7(2-5(4)8(12)13)10(15)16-9(6)14/h3-5H,1-2H2,(H,12,13). The van der Waals surface area contributed by atoms with E-state index in [1.807, 2.05) is 0 Å². The third kappa shape index (κ3) is 1.42. The SMILES string of the molecule is O=CC1CC2=C(CC1C(=O)O)C(=O)OC2=O. The maximum absolute atomic E-state index is 11.2. The molecule has 0 amide bonds. The van der Waals surface area contributed by atoms with Crippen molar-refractivity contribution in [1.82, 2.24) is 0 Å². The number of aliphatic carboxylic acids is 1. The second-order valence-electron chi connectivity index (χ2n) is 3.79. The number of aldehydes is 1. The summed E-state index contributed by atoms with van der Waals surface area (Å²) in [4.78, 5) is 44.0. The zero-order valence-electron chi connectivity index (χ0n) is 8.13. The van der Waals surface area contributed by atoms with E-state index in [9.17, 15) is 19.2 Å². The fourth-order valence-corrected chi connectivity index (χ4v) is 2.03. The van der Waals surface area contributed by atoms with Crippen LogP contribution in [0.25, 0.3) is 0 Å². The molecule has 1 aliphatic carbocycles. The van der Waals surface area contributed by atoms with E-state index in [-0.39, 0.29) is 24.0 Å². The molecule has 0 aromatic heterocycles. The molecule has 0 spiro atoms. The lowest BCUT2D eigenvalue weighted by Crippen LogP contribution is -2.30. The Morgan fingerprint density at radius 2 is 1.81 bits per heavy atom. The quantitative estimate of drug-likeness (QED) is 0.392. The van der Waals surface area contributed by atoms with Gasteiger partial charge in [-0.15, -0.1) is 0 Å². The molecule has 16 heavy (non-hydrogen) atoms. The van der Waals surface area contributed by atoms with Crippen LogP contribution < -0.4 is 0 Å². The van der Waals surface area contributed by atoms with Gasteiger partial charge >= 0.3 is 17.9 Å². The highest BCUT2D eigenvalue weighted by molar-refractivity contribution is 6.13. The van der Waals surface area contributed by atoms with Crippen molar-refractivity contribution >= 4 is 24.2 Å². The van der Waals surface area contributed by atoms with Crippen LogP contribution in [0, 0.1) is 11.8 Å². The molecule has 84 valence electrons. The van der Waals surface area contributed by atoms with Crippen molar-refractivity contribution in [3.05, 3.63) is 11.1 Å². The summed E-state index contributed by atoms with van der Waals surface area (Å²) in [6.07, 6.45) is 0.373. The lowest BCUT2D eigenvalue weighted by Gasteiger charge is -2.23. The number of carbonyl (C=O) groups excluding carboxylic acids is 3. The maximum atomic E-state index is 11.2. The van der Waals surface area contributed by atoms with E-state index in [1.165, 1.54) is 0 Å². The summed E-state index contributed by atoms with van der Waals surface area (Å²) in [5, 5.41) is 8.89. The van der Waals surface area contributed by atoms with Gasteiger partial charge in [-0.2, -0.15) is 0 Å². The van der Waals surface area contributed by atoms with Gasteiger partial charge in [-0.25, -0.2) is 9.59 Å². The Balaban J connectivity index is 2.37. The van der Waals surface area contributed by atoms with E-state index >= 15 is 0 Å². The van der Waals surface area contributed by atoms with Crippen molar-refractivity contribution in [1.29, 1.82) is 0 Å². The van der Waals surface area contributed by atoms with Gasteiger partial charge in [0.1, 0.15) is 6.29 Å². The first kappa shape index (κ1) is 10.5. The van der Waals surface area contributed by atoms with Gasteiger partial charge in [0.15, 0.2) is 0 Å². The molecule has 1 heterocycles. The van der Waals surface area contributed by atoms with Gasteiger partial charge in [-0.1, -0.05) is 0 Å². The molecule has 0 aromatic rings. The fraction of sp³-hybridized carbons (Fsp3) is 0.400. The molecule has 0 aromatic carbocycles. The molecule has 1 N–H and O–H groups in total. The molecule has 6 heteroatoms. The number of carboxylic acid groups (broad SMARTS) is 1. The summed E-state index contributed by atoms with van der Waals surface area (Å²) >= 11 is 0. The van der Waals surface area contributed by atoms with Crippen LogP contribution in [0.4, 0.5) is 0 Å². The molecule has 2 aliphatic rings. The summed E-state index contributed by atoms with van der Waals surface area (Å²) < 4.78 is 4.37. The average molecular weight is 224 g/mol. The smallest absolute Gasteiger partial charge is 0.342 e. The molecule has 2 atom stereocenters. The van der Waals surface area contributed by atoms with Crippen molar-refractivity contribution in [3.8, 4) is 0 Å². The van der Waals surface area contributed by atoms with Gasteiger partial charge in [0, 0.05) is 17.1 Å². The molecular formula is C10H8O6. The van der Waals surface area contributed by atoms with Gasteiger partial charge in [0.25, 0.3) is 0 Å². The van der Waals surface area contributed by atoms with Crippen molar-refractivity contribution in [3.63, 3.8) is 0 Å². The maximum Gasteiger partial charge on any atom is 0.342 e. The molecule has 0 bridgehead atoms. The first-order valence-corrected chi connectivity index (χ1v) is 4.71. The van der Waals surface area contributed by atoms with E-state index in [0.29, 0.717) is 6.29 Å². The summed E-state index contributed by atoms with van der Waals surface area (Å²) in [7, 11) is 0. The van der Waals surface area contributed by atoms with Gasteiger partial charge in [-0.3, -0.25) is 4.79 Å². The lowest BCUT2D eigenvalue weighted by atomic mass is 9.77. The number of rotatable bonds is 2. The van der Waals surface area contributed by atoms with Gasteiger partial charge in [0.2, 0.25) is 0 Å². The Morgan fingerprint density at radius 3 is 2.31 bits per heavy atom. The van der Waals surface area contributed by atoms with Crippen LogP contribution in [0.15, 0.2) is 11.1 Å². The van der Waals surface area contributed by atoms with Crippen LogP contribution in [0.1, 0.15) is 12.8 Å². The minimum absolute atomic E-state index is 0.0274. The second-order valence-corrected chi connectivity index (χ2v) is 3.79. The van der Waals surface area contributed by atoms with Crippen molar-refractivity contribution in [2.24, 2.45) is 11.8 Å². The molecule has 0 fully saturated rings. The van der Waals surface area contributed by atoms with Crippen LogP contribution in [0.3, 0.4) is 0 Å². The third-order valence-electron chi connectivity index (χ3n) is 2.92. The number of hydrogen-bond acceptors (Lipinski definition) is 5. The van der Waals surface area contributed by atoms with Crippen LogP contribution in [0.2, 0.25) is 0 Å². The Kier molecular flexibility index (Phi) is 2.34. The first-order valence-electron chi connectivity index (χ1n) is 4.71. The van der Waals surface area contributed by atoms with E-state index in [1.54, 1.807) is 0 Å². The number of carboxylic acids is 1. The van der Waals surface area contributed by atoms with E-state index in [0.717, 1.165) is 0 Å². The van der Waals surface area contributed by atoms with E-state index in [2.05, 4.69) is 4.74 Å². The second kappa shape index (κ2) is 3.55. The highest BCUT2D eigenvalue weighted by Crippen LogP contribution is 2.37. The Hall–Kier alpha value is -1.98. The largest absolute Gasteiger partial charge is 0.481 e. The summed E-state index contributed by atoms with van der Waals surface area (Å²) in [6.45, 7) is 0. The van der Waals surface area contributed by atoms with Gasteiger partial charge in [0.05, 0.1) is 5.92 Å². The predicted octanol–water partition coefficient (Wildman–Crippen LogP) is -0.324. The number of hydrogen-bond donors (Lipinski definition) is 1. The third-order valence-corrected chi connectivity index (χ3v) is 2.92. The van der Waals surface area contributed by atoms with Crippen molar-refractivity contribution < 1.29 is 29.0 Å². The number of carbonyl (C=O) groups is 4. The zero-order valence-corrected chi connectivity index (χ0v) is 8.13. The minimum atomic E-state index is -1.14. The highest BCUT2D eigenvalue weighted by Gasteiger charge is 2.43. The van der Waals surface area contributed by atoms with Crippen molar-refractivity contribution in [2.75, 3.05) is 0 Å². The normalized spacial score (nSPS) is 28.8. The molecule has 6 nitrogen and oxygen atoms in total. The van der Waals surface area contributed by atoms with Gasteiger partial charge in [-0.05, 0) is 12.8 Å². The molecule has 0 radical (unpaired) electrons. The topological polar surface area (TPSA) is 97.7 Å². The number of esters is 2. The zero-order chi connectivity index (χ0) is 11.9. The van der Waals surface area contributed by atoms with Crippen LogP contribution in [0.5, 0.6) is 0 Å². The summed E-state index contributed by atoms with van der Waals surface area (Å²) in [6, 6.07) is 0. The molecule has 2 rings (SSSR count). The molecule has 1 aliphatic heterocycles. The summed E-state index contributed by atoms with van der Waals surface area (Å²) in [5.74, 6) is -4.40. The number of cyclic esters (lactones) is 2. The molecular weight excluding hydrogens is 216 g/mol. The summed E-state index contributed by atoms with van der Waals surface area (Å²) in [5.41, 5.74) is 0.259. The lowest BCUT2D eigenvalue weighted by molar-refractivity contribution is -0.151. The van der Waals surface area contributed by atoms with Crippen LogP contribution in [-0.4, -0.2) is 29.3 Å². The molecule has 2 unspecified atom stereocenters. The molecule has 0 saturated heterocycles. The Bertz CT molecular complexity index is 433. The van der Waals surface area contributed by atoms with Crippen LogP contribution >= 0.6 is 0 Å². The van der Waals surface area contributed by atoms with E-state index < -0.39 is 29.7 Å². The first-order chi connectivity index (χ1) is 7.54. The van der Waals surface area contributed by atoms with Gasteiger partial charge < -0.3 is 14.6 Å². The molecule has 0 saturated carbocycles. The fourth-order valence-electron chi connectivity index (χ4n) is 2.03. The van der Waals surface area contributed by atoms with Crippen molar-refractivity contribution in [2.45, 2.75) is 12.8 Å². The number of ether oxygens (including phenoxy) is 1. The predicted molar refractivity (Wildman–Crippen MR) is 48.0 cm³/mol. The highest BCUT2D eigenvalue weighted by atomic mass is 16.6.